The van der Waals surface area contributed by atoms with Gasteiger partial charge in [-0.05, 0) is 16.6 Å². The Morgan fingerprint density at radius 1 is 0.957 bits per heavy atom. The average Bonchev–Trinajstić information content (AvgIpc) is 2.46. The van der Waals surface area contributed by atoms with Gasteiger partial charge in [0.2, 0.25) is 0 Å². The molecule has 5 atom stereocenters. The molecule has 23 heavy (non-hydrogen) atoms. The van der Waals surface area contributed by atoms with Gasteiger partial charge in [-0.1, -0.05) is 61.3 Å². The van der Waals surface area contributed by atoms with Gasteiger partial charge in [-0.25, -0.2) is 0 Å². The predicted molar refractivity (Wildman–Crippen MR) is 98.9 cm³/mol. The summed E-state index contributed by atoms with van der Waals surface area (Å²) in [6, 6.07) is 0. The highest BCUT2D eigenvalue weighted by Gasteiger charge is 2.43. The first-order valence-electron chi connectivity index (χ1n) is 9.06. The number of hydrogen-bond acceptors (Lipinski definition) is 3. The van der Waals surface area contributed by atoms with Crippen LogP contribution in [0.3, 0.4) is 0 Å². The first-order valence-corrected chi connectivity index (χ1v) is 11.3. The van der Waals surface area contributed by atoms with E-state index < -0.39 is 14.2 Å². The lowest BCUT2D eigenvalue weighted by molar-refractivity contribution is -0.155. The second-order valence-electron chi connectivity index (χ2n) is 8.15. The summed E-state index contributed by atoms with van der Waals surface area (Å²) in [6.07, 6.45) is -1.09. The van der Waals surface area contributed by atoms with Gasteiger partial charge in [0.1, 0.15) is 14.2 Å². The zero-order chi connectivity index (χ0) is 17.9. The molecule has 0 amide bonds. The maximum Gasteiger partial charge on any atom is 0.146 e. The number of ether oxygens (including phenoxy) is 1. The Morgan fingerprint density at radius 2 is 1.43 bits per heavy atom. The van der Waals surface area contributed by atoms with E-state index in [4.69, 9.17) is 4.74 Å². The average molecular weight is 341 g/mol. The SMILES string of the molecule is CC(C)[Si](C#C[C@@H]1O[C@H](CO)[C@H](C)[C@@H](O)[C@H]1C)(C(C)C)C(C)C. The molecule has 2 N–H and O–H groups in total. The fourth-order valence-electron chi connectivity index (χ4n) is 4.32. The van der Waals surface area contributed by atoms with E-state index >= 15 is 0 Å². The van der Waals surface area contributed by atoms with E-state index in [0.29, 0.717) is 16.6 Å². The first kappa shape index (κ1) is 20.7. The molecular formula is C19H36O3Si. The third-order valence-corrected chi connectivity index (χ3v) is 12.2. The van der Waals surface area contributed by atoms with Crippen molar-refractivity contribution in [2.45, 2.75) is 90.3 Å². The van der Waals surface area contributed by atoms with E-state index in [9.17, 15) is 10.2 Å². The summed E-state index contributed by atoms with van der Waals surface area (Å²) in [5.74, 6) is 3.30. The van der Waals surface area contributed by atoms with E-state index in [2.05, 4.69) is 53.0 Å². The molecular weight excluding hydrogens is 304 g/mol. The fourth-order valence-corrected chi connectivity index (χ4v) is 9.58. The highest BCUT2D eigenvalue weighted by molar-refractivity contribution is 6.90. The Labute approximate surface area is 143 Å². The molecule has 0 aliphatic carbocycles. The van der Waals surface area contributed by atoms with Gasteiger partial charge in [0, 0.05) is 11.8 Å². The van der Waals surface area contributed by atoms with Crippen LogP contribution in [0.5, 0.6) is 0 Å². The van der Waals surface area contributed by atoms with Crippen LogP contribution >= 0.6 is 0 Å². The van der Waals surface area contributed by atoms with Crippen molar-refractivity contribution in [3.05, 3.63) is 0 Å². The Bertz CT molecular complexity index is 412. The summed E-state index contributed by atoms with van der Waals surface area (Å²) < 4.78 is 6.00. The first-order chi connectivity index (χ1) is 10.6. The molecule has 1 aliphatic heterocycles. The Morgan fingerprint density at radius 3 is 1.83 bits per heavy atom. The molecule has 1 saturated heterocycles. The third-order valence-electron chi connectivity index (χ3n) is 5.94. The topological polar surface area (TPSA) is 49.7 Å². The molecule has 0 aromatic rings. The van der Waals surface area contributed by atoms with Crippen LogP contribution in [0.1, 0.15) is 55.4 Å². The minimum Gasteiger partial charge on any atom is -0.394 e. The molecule has 1 rings (SSSR count). The minimum atomic E-state index is -1.80. The van der Waals surface area contributed by atoms with Gasteiger partial charge in [-0.3, -0.25) is 0 Å². The van der Waals surface area contributed by atoms with Gasteiger partial charge in [0.15, 0.2) is 0 Å². The van der Waals surface area contributed by atoms with Crippen molar-refractivity contribution in [1.29, 1.82) is 0 Å². The highest BCUT2D eigenvalue weighted by atomic mass is 28.3. The van der Waals surface area contributed by atoms with Crippen molar-refractivity contribution in [3.63, 3.8) is 0 Å². The van der Waals surface area contributed by atoms with Gasteiger partial charge in [0.05, 0.1) is 18.8 Å². The van der Waals surface area contributed by atoms with Gasteiger partial charge in [0.25, 0.3) is 0 Å². The van der Waals surface area contributed by atoms with Crippen LogP contribution in [0, 0.1) is 23.3 Å². The molecule has 0 radical (unpaired) electrons. The van der Waals surface area contributed by atoms with Crippen LogP contribution in [0.15, 0.2) is 0 Å². The summed E-state index contributed by atoms with van der Waals surface area (Å²) >= 11 is 0. The van der Waals surface area contributed by atoms with Crippen molar-refractivity contribution < 1.29 is 14.9 Å². The molecule has 0 bridgehead atoms. The van der Waals surface area contributed by atoms with Crippen LogP contribution in [-0.2, 0) is 4.74 Å². The van der Waals surface area contributed by atoms with Crippen LogP contribution in [0.25, 0.3) is 0 Å². The second kappa shape index (κ2) is 8.16. The van der Waals surface area contributed by atoms with Crippen LogP contribution in [-0.4, -0.2) is 43.2 Å². The molecule has 3 nitrogen and oxygen atoms in total. The summed E-state index contributed by atoms with van der Waals surface area (Å²) in [5, 5.41) is 19.9. The normalized spacial score (nSPS) is 32.3. The molecule has 1 heterocycles. The third kappa shape index (κ3) is 4.01. The lowest BCUT2D eigenvalue weighted by Gasteiger charge is -2.41. The summed E-state index contributed by atoms with van der Waals surface area (Å²) in [4.78, 5) is 0. The molecule has 0 saturated carbocycles. The van der Waals surface area contributed by atoms with E-state index in [-0.39, 0.29) is 30.7 Å². The number of aliphatic hydroxyl groups is 2. The van der Waals surface area contributed by atoms with Crippen molar-refractivity contribution in [1.82, 2.24) is 0 Å². The largest absolute Gasteiger partial charge is 0.394 e. The molecule has 1 fully saturated rings. The molecule has 0 aromatic heterocycles. The van der Waals surface area contributed by atoms with Gasteiger partial charge < -0.3 is 14.9 Å². The molecule has 1 aliphatic rings. The Balaban J connectivity index is 3.15. The number of rotatable bonds is 4. The number of aliphatic hydroxyl groups excluding tert-OH is 2. The van der Waals surface area contributed by atoms with Gasteiger partial charge in [-0.15, -0.1) is 5.54 Å². The van der Waals surface area contributed by atoms with E-state index in [1.807, 2.05) is 13.8 Å². The summed E-state index contributed by atoms with van der Waals surface area (Å²) in [7, 11) is -1.80. The fraction of sp³-hybridized carbons (Fsp3) is 0.895. The maximum absolute atomic E-state index is 10.4. The van der Waals surface area contributed by atoms with Crippen molar-refractivity contribution in [2.24, 2.45) is 11.8 Å². The molecule has 0 unspecified atom stereocenters. The second-order valence-corrected chi connectivity index (χ2v) is 13.7. The zero-order valence-electron chi connectivity index (χ0n) is 16.1. The van der Waals surface area contributed by atoms with E-state index in [1.165, 1.54) is 0 Å². The standard InChI is InChI=1S/C19H36O3Si/c1-12(2)23(13(3)4,14(5)6)10-9-17-15(7)19(21)16(8)18(11-20)22-17/h12-21H,11H2,1-8H3/t15-,16-,17-,18+,19-/m0/s1. The van der Waals surface area contributed by atoms with Gasteiger partial charge in [-0.2, -0.15) is 0 Å². The van der Waals surface area contributed by atoms with Gasteiger partial charge >= 0.3 is 0 Å². The van der Waals surface area contributed by atoms with Crippen LogP contribution in [0.2, 0.25) is 16.6 Å². The number of hydrogen-bond donors (Lipinski definition) is 2. The summed E-state index contributed by atoms with van der Waals surface area (Å²) in [6.45, 7) is 17.6. The highest BCUT2D eigenvalue weighted by Crippen LogP contribution is 2.41. The predicted octanol–water partition coefficient (Wildman–Crippen LogP) is 3.60. The smallest absolute Gasteiger partial charge is 0.146 e. The molecule has 134 valence electrons. The van der Waals surface area contributed by atoms with E-state index in [1.54, 1.807) is 0 Å². The Hall–Kier alpha value is -0.343. The van der Waals surface area contributed by atoms with Crippen molar-refractivity contribution in [2.75, 3.05) is 6.61 Å². The minimum absolute atomic E-state index is 0.0292. The quantitative estimate of drug-likeness (QED) is 0.607. The summed E-state index contributed by atoms with van der Waals surface area (Å²) in [5.41, 5.74) is 5.41. The lowest BCUT2D eigenvalue weighted by atomic mass is 9.83. The Kier molecular flexibility index (Phi) is 7.34. The molecule has 0 aromatic carbocycles. The van der Waals surface area contributed by atoms with Crippen LogP contribution < -0.4 is 0 Å². The molecule has 0 spiro atoms. The zero-order valence-corrected chi connectivity index (χ0v) is 17.1. The van der Waals surface area contributed by atoms with Crippen LogP contribution in [0.4, 0.5) is 0 Å². The van der Waals surface area contributed by atoms with Crippen molar-refractivity contribution in [3.8, 4) is 11.5 Å². The monoisotopic (exact) mass is 340 g/mol. The lowest BCUT2D eigenvalue weighted by Crippen LogP contribution is -2.50. The maximum atomic E-state index is 10.4. The molecule has 4 heteroatoms. The van der Waals surface area contributed by atoms with Crippen molar-refractivity contribution >= 4 is 8.07 Å². The van der Waals surface area contributed by atoms with E-state index in [0.717, 1.165) is 0 Å².